The highest BCUT2D eigenvalue weighted by molar-refractivity contribution is 5.84. The van der Waals surface area contributed by atoms with Crippen LogP contribution in [-0.4, -0.2) is 10.7 Å². The topological polar surface area (TPSA) is 60.2 Å². The van der Waals surface area contributed by atoms with E-state index in [0.29, 0.717) is 12.8 Å². The van der Waals surface area contributed by atoms with Crippen molar-refractivity contribution in [3.63, 3.8) is 0 Å². The summed E-state index contributed by atoms with van der Waals surface area (Å²) in [6, 6.07) is 4.75. The number of benzene rings is 1. The number of nitrogens with zero attached hydrogens (tertiary/aromatic N) is 1. The summed E-state index contributed by atoms with van der Waals surface area (Å²) in [5.41, 5.74) is 1.99. The van der Waals surface area contributed by atoms with Crippen molar-refractivity contribution in [2.45, 2.75) is 25.7 Å². The van der Waals surface area contributed by atoms with Crippen LogP contribution in [0.2, 0.25) is 0 Å². The van der Waals surface area contributed by atoms with E-state index in [2.05, 4.69) is 0 Å². The maximum atomic E-state index is 11.3. The normalized spacial score (nSPS) is 19.8. The fraction of sp³-hybridized carbons (Fsp3) is 0.364. The molecule has 0 saturated heterocycles. The quantitative estimate of drug-likeness (QED) is 0.521. The summed E-state index contributed by atoms with van der Waals surface area (Å²) >= 11 is 0. The first-order valence-corrected chi connectivity index (χ1v) is 4.87. The van der Waals surface area contributed by atoms with E-state index in [1.54, 1.807) is 12.1 Å². The molecule has 0 fully saturated rings. The molecule has 1 aliphatic rings. The van der Waals surface area contributed by atoms with Gasteiger partial charge < -0.3 is 0 Å². The Morgan fingerprint density at radius 3 is 2.87 bits per heavy atom. The Balaban J connectivity index is 2.48. The van der Waals surface area contributed by atoms with Crippen molar-refractivity contribution in [3.05, 3.63) is 39.4 Å². The molecule has 1 aliphatic carbocycles. The number of fused-ring (bicyclic) bond motifs is 1. The van der Waals surface area contributed by atoms with E-state index < -0.39 is 4.92 Å². The van der Waals surface area contributed by atoms with Crippen molar-refractivity contribution in [3.8, 4) is 0 Å². The molecule has 0 amide bonds. The van der Waals surface area contributed by atoms with Crippen molar-refractivity contribution in [2.75, 3.05) is 0 Å². The Morgan fingerprint density at radius 2 is 2.20 bits per heavy atom. The number of carbonyl (C=O) groups is 1. The second-order valence-electron chi connectivity index (χ2n) is 3.96. The molecule has 15 heavy (non-hydrogen) atoms. The SMILES string of the molecule is CC1CC(=O)Cc2ccc([N+](=O)[O-])cc21. The number of hydrogen-bond donors (Lipinski definition) is 0. The Bertz CT molecular complexity index is 439. The summed E-state index contributed by atoms with van der Waals surface area (Å²) in [4.78, 5) is 21.5. The van der Waals surface area contributed by atoms with Crippen LogP contribution in [0.1, 0.15) is 30.4 Å². The maximum Gasteiger partial charge on any atom is 0.269 e. The Labute approximate surface area is 87.1 Å². The minimum absolute atomic E-state index is 0.0983. The molecule has 2 rings (SSSR count). The highest BCUT2D eigenvalue weighted by Gasteiger charge is 2.23. The van der Waals surface area contributed by atoms with Crippen molar-refractivity contribution >= 4 is 11.5 Å². The van der Waals surface area contributed by atoms with Crippen LogP contribution >= 0.6 is 0 Å². The van der Waals surface area contributed by atoms with Crippen molar-refractivity contribution in [2.24, 2.45) is 0 Å². The minimum Gasteiger partial charge on any atom is -0.299 e. The standard InChI is InChI=1S/C11H11NO3/c1-7-4-10(13)5-8-2-3-9(12(14)15)6-11(7)8/h2-3,6-7H,4-5H2,1H3. The number of nitro groups is 1. The van der Waals surface area contributed by atoms with Crippen LogP contribution in [-0.2, 0) is 11.2 Å². The predicted molar refractivity (Wildman–Crippen MR) is 54.8 cm³/mol. The van der Waals surface area contributed by atoms with E-state index in [4.69, 9.17) is 0 Å². The molecule has 1 atom stereocenters. The van der Waals surface area contributed by atoms with Gasteiger partial charge in [-0.2, -0.15) is 0 Å². The van der Waals surface area contributed by atoms with Gasteiger partial charge in [-0.05, 0) is 17.0 Å². The molecule has 0 radical (unpaired) electrons. The molecule has 4 heteroatoms. The summed E-state index contributed by atoms with van der Waals surface area (Å²) in [7, 11) is 0. The van der Waals surface area contributed by atoms with Gasteiger partial charge in [0.2, 0.25) is 0 Å². The van der Waals surface area contributed by atoms with Gasteiger partial charge in [0.1, 0.15) is 5.78 Å². The number of carbonyl (C=O) groups excluding carboxylic acids is 1. The van der Waals surface area contributed by atoms with E-state index >= 15 is 0 Å². The van der Waals surface area contributed by atoms with Crippen LogP contribution in [0.15, 0.2) is 18.2 Å². The molecule has 0 aromatic heterocycles. The zero-order valence-electron chi connectivity index (χ0n) is 8.40. The highest BCUT2D eigenvalue weighted by atomic mass is 16.6. The van der Waals surface area contributed by atoms with Crippen LogP contribution in [0.4, 0.5) is 5.69 Å². The Hall–Kier alpha value is -1.71. The lowest BCUT2D eigenvalue weighted by molar-refractivity contribution is -0.385. The summed E-state index contributed by atoms with van der Waals surface area (Å²) in [6.45, 7) is 1.93. The molecular formula is C11H11NO3. The lowest BCUT2D eigenvalue weighted by Crippen LogP contribution is -2.16. The number of non-ortho nitro benzene ring substituents is 1. The number of nitro benzene ring substituents is 1. The summed E-state index contributed by atoms with van der Waals surface area (Å²) in [5.74, 6) is 0.310. The third-order valence-electron chi connectivity index (χ3n) is 2.79. The van der Waals surface area contributed by atoms with Gasteiger partial charge in [0.15, 0.2) is 0 Å². The van der Waals surface area contributed by atoms with E-state index in [1.165, 1.54) is 6.07 Å². The average Bonchev–Trinajstić information content (AvgIpc) is 2.16. The van der Waals surface area contributed by atoms with Gasteiger partial charge in [-0.25, -0.2) is 0 Å². The lowest BCUT2D eigenvalue weighted by atomic mass is 9.83. The van der Waals surface area contributed by atoms with E-state index in [-0.39, 0.29) is 17.4 Å². The Kier molecular flexibility index (Phi) is 2.26. The predicted octanol–water partition coefficient (Wildman–Crippen LogP) is 2.21. The second-order valence-corrected chi connectivity index (χ2v) is 3.96. The first-order chi connectivity index (χ1) is 7.08. The first-order valence-electron chi connectivity index (χ1n) is 4.87. The summed E-state index contributed by atoms with van der Waals surface area (Å²) in [5, 5.41) is 10.6. The van der Waals surface area contributed by atoms with Gasteiger partial charge in [0.05, 0.1) is 4.92 Å². The molecule has 1 aromatic rings. The highest BCUT2D eigenvalue weighted by Crippen LogP contribution is 2.31. The van der Waals surface area contributed by atoms with Crippen LogP contribution in [0, 0.1) is 10.1 Å². The largest absolute Gasteiger partial charge is 0.299 e. The third-order valence-corrected chi connectivity index (χ3v) is 2.79. The van der Waals surface area contributed by atoms with Gasteiger partial charge >= 0.3 is 0 Å². The molecular weight excluding hydrogens is 194 g/mol. The van der Waals surface area contributed by atoms with Crippen molar-refractivity contribution in [1.82, 2.24) is 0 Å². The van der Waals surface area contributed by atoms with E-state index in [9.17, 15) is 14.9 Å². The third kappa shape index (κ3) is 1.75. The average molecular weight is 205 g/mol. The maximum absolute atomic E-state index is 11.3. The van der Waals surface area contributed by atoms with Gasteiger partial charge in [-0.1, -0.05) is 13.0 Å². The molecule has 4 nitrogen and oxygen atoms in total. The molecule has 0 bridgehead atoms. The molecule has 78 valence electrons. The van der Waals surface area contributed by atoms with E-state index in [0.717, 1.165) is 11.1 Å². The fourth-order valence-electron chi connectivity index (χ4n) is 2.05. The minimum atomic E-state index is -0.399. The van der Waals surface area contributed by atoms with Crippen molar-refractivity contribution in [1.29, 1.82) is 0 Å². The molecule has 0 spiro atoms. The fourth-order valence-corrected chi connectivity index (χ4v) is 2.05. The molecule has 0 N–H and O–H groups in total. The zero-order valence-corrected chi connectivity index (χ0v) is 8.40. The van der Waals surface area contributed by atoms with Gasteiger partial charge in [0, 0.05) is 25.0 Å². The monoisotopic (exact) mass is 205 g/mol. The molecule has 0 saturated carbocycles. The Morgan fingerprint density at radius 1 is 1.47 bits per heavy atom. The smallest absolute Gasteiger partial charge is 0.269 e. The van der Waals surface area contributed by atoms with Crippen LogP contribution in [0.5, 0.6) is 0 Å². The van der Waals surface area contributed by atoms with Gasteiger partial charge in [-0.3, -0.25) is 14.9 Å². The van der Waals surface area contributed by atoms with E-state index in [1.807, 2.05) is 6.92 Å². The summed E-state index contributed by atoms with van der Waals surface area (Å²) in [6.07, 6.45) is 0.909. The number of hydrogen-bond acceptors (Lipinski definition) is 3. The van der Waals surface area contributed by atoms with Gasteiger partial charge in [0.25, 0.3) is 5.69 Å². The summed E-state index contributed by atoms with van der Waals surface area (Å²) < 4.78 is 0. The van der Waals surface area contributed by atoms with Crippen LogP contribution < -0.4 is 0 Å². The molecule has 0 heterocycles. The second kappa shape index (κ2) is 3.46. The zero-order chi connectivity index (χ0) is 11.0. The van der Waals surface area contributed by atoms with Crippen LogP contribution in [0.3, 0.4) is 0 Å². The van der Waals surface area contributed by atoms with Crippen molar-refractivity contribution < 1.29 is 9.72 Å². The van der Waals surface area contributed by atoms with Gasteiger partial charge in [-0.15, -0.1) is 0 Å². The molecule has 1 unspecified atom stereocenters. The lowest BCUT2D eigenvalue weighted by Gasteiger charge is -2.20. The number of ketones is 1. The molecule has 1 aromatic carbocycles. The number of Topliss-reactive ketones (excluding diaryl/α,β-unsaturated/α-hetero) is 1. The molecule has 0 aliphatic heterocycles. The first kappa shape index (κ1) is 9.83. The number of rotatable bonds is 1. The van der Waals surface area contributed by atoms with Crippen LogP contribution in [0.25, 0.3) is 0 Å².